The Bertz CT molecular complexity index is 112. The zero-order valence-corrected chi connectivity index (χ0v) is 8.98. The van der Waals surface area contributed by atoms with Gasteiger partial charge < -0.3 is 11.1 Å². The third kappa shape index (κ3) is 3.55. The molecule has 0 saturated carbocycles. The molecule has 3 N–H and O–H groups in total. The zero-order chi connectivity index (χ0) is 9.61. The first-order valence-electron chi connectivity index (χ1n) is 4.97. The Labute approximate surface area is 76.9 Å². The second kappa shape index (κ2) is 5.55. The number of rotatable bonds is 6. The summed E-state index contributed by atoms with van der Waals surface area (Å²) < 4.78 is 0. The van der Waals surface area contributed by atoms with Gasteiger partial charge in [-0.25, -0.2) is 0 Å². The van der Waals surface area contributed by atoms with E-state index in [0.717, 1.165) is 19.6 Å². The standard InChI is InChI=1S/C10H24N2/c1-5-6-12-8-10(4,7-11)9(2)3/h9,12H,5-8,11H2,1-4H3. The van der Waals surface area contributed by atoms with Crippen LogP contribution >= 0.6 is 0 Å². The Balaban J connectivity index is 3.80. The van der Waals surface area contributed by atoms with Crippen molar-refractivity contribution in [3.05, 3.63) is 0 Å². The van der Waals surface area contributed by atoms with Crippen LogP contribution in [-0.2, 0) is 0 Å². The van der Waals surface area contributed by atoms with Crippen LogP contribution in [0.5, 0.6) is 0 Å². The van der Waals surface area contributed by atoms with Crippen molar-refractivity contribution in [1.29, 1.82) is 0 Å². The van der Waals surface area contributed by atoms with E-state index in [1.54, 1.807) is 0 Å². The van der Waals surface area contributed by atoms with Gasteiger partial charge in [-0.05, 0) is 30.8 Å². The van der Waals surface area contributed by atoms with Crippen molar-refractivity contribution in [2.45, 2.75) is 34.1 Å². The Morgan fingerprint density at radius 1 is 1.42 bits per heavy atom. The summed E-state index contributed by atoms with van der Waals surface area (Å²) in [6, 6.07) is 0. The first-order chi connectivity index (χ1) is 5.56. The molecular formula is C10H24N2. The molecule has 0 fully saturated rings. The lowest BCUT2D eigenvalue weighted by Crippen LogP contribution is -2.42. The molecule has 1 atom stereocenters. The van der Waals surface area contributed by atoms with Crippen molar-refractivity contribution < 1.29 is 0 Å². The highest BCUT2D eigenvalue weighted by Crippen LogP contribution is 2.24. The van der Waals surface area contributed by atoms with Gasteiger partial charge in [0.05, 0.1) is 0 Å². The van der Waals surface area contributed by atoms with Crippen molar-refractivity contribution in [3.8, 4) is 0 Å². The number of nitrogens with one attached hydrogen (secondary N) is 1. The molecule has 0 radical (unpaired) electrons. The molecule has 0 spiro atoms. The van der Waals surface area contributed by atoms with Gasteiger partial charge >= 0.3 is 0 Å². The molecule has 0 aromatic heterocycles. The average molecular weight is 172 g/mol. The highest BCUT2D eigenvalue weighted by atomic mass is 14.9. The molecule has 74 valence electrons. The third-order valence-corrected chi connectivity index (χ3v) is 2.82. The molecule has 0 rings (SSSR count). The van der Waals surface area contributed by atoms with E-state index in [-0.39, 0.29) is 5.41 Å². The molecule has 0 aliphatic rings. The van der Waals surface area contributed by atoms with Crippen LogP contribution in [0.1, 0.15) is 34.1 Å². The molecule has 0 aliphatic heterocycles. The Morgan fingerprint density at radius 3 is 2.33 bits per heavy atom. The van der Waals surface area contributed by atoms with Crippen LogP contribution in [0.4, 0.5) is 0 Å². The highest BCUT2D eigenvalue weighted by Gasteiger charge is 2.25. The van der Waals surface area contributed by atoms with Crippen LogP contribution in [0.15, 0.2) is 0 Å². The van der Waals surface area contributed by atoms with Gasteiger partial charge in [-0.15, -0.1) is 0 Å². The second-order valence-electron chi connectivity index (χ2n) is 4.19. The van der Waals surface area contributed by atoms with Gasteiger partial charge in [-0.1, -0.05) is 27.7 Å². The summed E-state index contributed by atoms with van der Waals surface area (Å²) in [5.74, 6) is 0.645. The van der Waals surface area contributed by atoms with E-state index < -0.39 is 0 Å². The van der Waals surface area contributed by atoms with Crippen molar-refractivity contribution in [3.63, 3.8) is 0 Å². The van der Waals surface area contributed by atoms with Crippen molar-refractivity contribution in [1.82, 2.24) is 5.32 Å². The van der Waals surface area contributed by atoms with Gasteiger partial charge in [-0.2, -0.15) is 0 Å². The fraction of sp³-hybridized carbons (Fsp3) is 1.00. The minimum absolute atomic E-state index is 0.259. The topological polar surface area (TPSA) is 38.0 Å². The third-order valence-electron chi connectivity index (χ3n) is 2.82. The zero-order valence-electron chi connectivity index (χ0n) is 8.98. The van der Waals surface area contributed by atoms with Crippen LogP contribution in [0.25, 0.3) is 0 Å². The van der Waals surface area contributed by atoms with Crippen LogP contribution in [-0.4, -0.2) is 19.6 Å². The summed E-state index contributed by atoms with van der Waals surface area (Å²) in [5, 5.41) is 3.43. The second-order valence-corrected chi connectivity index (χ2v) is 4.19. The van der Waals surface area contributed by atoms with Crippen LogP contribution in [0.3, 0.4) is 0 Å². The van der Waals surface area contributed by atoms with Crippen LogP contribution < -0.4 is 11.1 Å². The lowest BCUT2D eigenvalue weighted by Gasteiger charge is -2.32. The van der Waals surface area contributed by atoms with Crippen molar-refractivity contribution >= 4 is 0 Å². The molecule has 0 aromatic rings. The first kappa shape index (κ1) is 11.9. The van der Waals surface area contributed by atoms with Crippen molar-refractivity contribution in [2.75, 3.05) is 19.6 Å². The largest absolute Gasteiger partial charge is 0.330 e. The fourth-order valence-electron chi connectivity index (χ4n) is 1.06. The van der Waals surface area contributed by atoms with E-state index in [1.165, 1.54) is 6.42 Å². The van der Waals surface area contributed by atoms with E-state index in [0.29, 0.717) is 5.92 Å². The maximum Gasteiger partial charge on any atom is 0.00197 e. The highest BCUT2D eigenvalue weighted by molar-refractivity contribution is 4.80. The maximum absolute atomic E-state index is 5.75. The molecule has 12 heavy (non-hydrogen) atoms. The number of hydrogen-bond acceptors (Lipinski definition) is 2. The first-order valence-corrected chi connectivity index (χ1v) is 4.97. The van der Waals surface area contributed by atoms with Gasteiger partial charge in [0, 0.05) is 6.54 Å². The summed E-state index contributed by atoms with van der Waals surface area (Å²) in [4.78, 5) is 0. The molecule has 0 aliphatic carbocycles. The fourth-order valence-corrected chi connectivity index (χ4v) is 1.06. The molecule has 0 amide bonds. The minimum Gasteiger partial charge on any atom is -0.330 e. The Hall–Kier alpha value is -0.0800. The lowest BCUT2D eigenvalue weighted by molar-refractivity contribution is 0.220. The monoisotopic (exact) mass is 172 g/mol. The number of hydrogen-bond donors (Lipinski definition) is 2. The van der Waals surface area contributed by atoms with Gasteiger partial charge in [0.1, 0.15) is 0 Å². The van der Waals surface area contributed by atoms with Gasteiger partial charge in [0.15, 0.2) is 0 Å². The van der Waals surface area contributed by atoms with Gasteiger partial charge in [0.25, 0.3) is 0 Å². The van der Waals surface area contributed by atoms with E-state index in [9.17, 15) is 0 Å². The van der Waals surface area contributed by atoms with E-state index in [4.69, 9.17) is 5.73 Å². The average Bonchev–Trinajstić information content (AvgIpc) is 2.04. The quantitative estimate of drug-likeness (QED) is 0.597. The van der Waals surface area contributed by atoms with Gasteiger partial charge in [0.2, 0.25) is 0 Å². The molecule has 2 nitrogen and oxygen atoms in total. The molecular weight excluding hydrogens is 148 g/mol. The lowest BCUT2D eigenvalue weighted by atomic mass is 9.79. The van der Waals surface area contributed by atoms with Crippen molar-refractivity contribution in [2.24, 2.45) is 17.1 Å². The van der Waals surface area contributed by atoms with Crippen LogP contribution in [0, 0.1) is 11.3 Å². The molecule has 2 heteroatoms. The molecule has 0 saturated heterocycles. The maximum atomic E-state index is 5.75. The summed E-state index contributed by atoms with van der Waals surface area (Å²) in [6.45, 7) is 11.8. The number of nitrogens with two attached hydrogens (primary N) is 1. The molecule has 0 aromatic carbocycles. The minimum atomic E-state index is 0.259. The Kier molecular flexibility index (Phi) is 5.51. The predicted molar refractivity (Wildman–Crippen MR) is 55.2 cm³/mol. The molecule has 1 unspecified atom stereocenters. The smallest absolute Gasteiger partial charge is 0.00197 e. The SMILES string of the molecule is CCCNCC(C)(CN)C(C)C. The Morgan fingerprint density at radius 2 is 2.00 bits per heavy atom. The predicted octanol–water partition coefficient (Wildman–Crippen LogP) is 1.61. The summed E-state index contributed by atoms with van der Waals surface area (Å²) in [6.07, 6.45) is 1.19. The van der Waals surface area contributed by atoms with Crippen LogP contribution in [0.2, 0.25) is 0 Å². The molecule has 0 bridgehead atoms. The van der Waals surface area contributed by atoms with E-state index in [2.05, 4.69) is 33.0 Å². The van der Waals surface area contributed by atoms with E-state index in [1.807, 2.05) is 0 Å². The summed E-state index contributed by atoms with van der Waals surface area (Å²) in [5.41, 5.74) is 6.01. The summed E-state index contributed by atoms with van der Waals surface area (Å²) in [7, 11) is 0. The van der Waals surface area contributed by atoms with E-state index >= 15 is 0 Å². The van der Waals surface area contributed by atoms with Gasteiger partial charge in [-0.3, -0.25) is 0 Å². The summed E-state index contributed by atoms with van der Waals surface area (Å²) >= 11 is 0. The normalized spacial score (nSPS) is 16.5. The molecule has 0 heterocycles.